The Hall–Kier alpha value is -1.05. The van der Waals surface area contributed by atoms with E-state index in [-0.39, 0.29) is 0 Å². The zero-order valence-electron chi connectivity index (χ0n) is 8.79. The van der Waals surface area contributed by atoms with Crippen LogP contribution in [0.5, 0.6) is 0 Å². The molecule has 0 aliphatic rings. The second kappa shape index (κ2) is 4.32. The summed E-state index contributed by atoms with van der Waals surface area (Å²) < 4.78 is 39.8. The van der Waals surface area contributed by atoms with E-state index in [1.165, 1.54) is 12.1 Å². The van der Waals surface area contributed by atoms with E-state index in [2.05, 4.69) is 27.7 Å². The summed E-state index contributed by atoms with van der Waals surface area (Å²) in [5.74, 6) is 0. The molecule has 0 unspecified atom stereocenters. The molecule has 1 aromatic heterocycles. The van der Waals surface area contributed by atoms with E-state index in [0.717, 1.165) is 27.0 Å². The Balaban J connectivity index is 2.43. The molecule has 0 aliphatic carbocycles. The van der Waals surface area contributed by atoms with Crippen LogP contribution in [-0.2, 0) is 13.2 Å². The molecule has 2 aromatic rings. The van der Waals surface area contributed by atoms with Crippen molar-refractivity contribution >= 4 is 22.6 Å². The molecule has 1 aromatic carbocycles. The van der Waals surface area contributed by atoms with Crippen LogP contribution in [0, 0.1) is 3.57 Å². The van der Waals surface area contributed by atoms with Crippen molar-refractivity contribution in [2.24, 2.45) is 7.05 Å². The van der Waals surface area contributed by atoms with Gasteiger partial charge in [0, 0.05) is 12.6 Å². The van der Waals surface area contributed by atoms with Crippen molar-refractivity contribution in [1.82, 2.24) is 9.78 Å². The molecule has 0 saturated heterocycles. The first-order chi connectivity index (χ1) is 7.89. The lowest BCUT2D eigenvalue weighted by Gasteiger charge is -2.08. The number of rotatable bonds is 1. The predicted molar refractivity (Wildman–Crippen MR) is 66.4 cm³/mol. The molecule has 2 nitrogen and oxygen atoms in total. The fourth-order valence-corrected chi connectivity index (χ4v) is 2.34. The molecule has 90 valence electrons. The summed E-state index contributed by atoms with van der Waals surface area (Å²) in [6.45, 7) is 0. The molecule has 0 fully saturated rings. The molecule has 0 bridgehead atoms. The van der Waals surface area contributed by atoms with Crippen LogP contribution in [-0.4, -0.2) is 9.78 Å². The molecule has 2 rings (SSSR count). The second-order valence-corrected chi connectivity index (χ2v) is 4.70. The van der Waals surface area contributed by atoms with Gasteiger partial charge in [0.15, 0.2) is 0 Å². The lowest BCUT2D eigenvalue weighted by Crippen LogP contribution is -2.04. The van der Waals surface area contributed by atoms with Gasteiger partial charge in [0.25, 0.3) is 0 Å². The number of alkyl halides is 3. The Morgan fingerprint density at radius 1 is 1.18 bits per heavy atom. The van der Waals surface area contributed by atoms with E-state index in [4.69, 9.17) is 0 Å². The van der Waals surface area contributed by atoms with Crippen molar-refractivity contribution in [3.63, 3.8) is 0 Å². The Morgan fingerprint density at radius 2 is 1.76 bits per heavy atom. The van der Waals surface area contributed by atoms with Gasteiger partial charge in [-0.1, -0.05) is 12.1 Å². The van der Waals surface area contributed by atoms with E-state index >= 15 is 0 Å². The van der Waals surface area contributed by atoms with Crippen molar-refractivity contribution in [2.75, 3.05) is 0 Å². The highest BCUT2D eigenvalue weighted by Gasteiger charge is 2.30. The summed E-state index contributed by atoms with van der Waals surface area (Å²) in [5, 5.41) is 4.05. The standard InChI is InChI=1S/C11H8F3IN2/c1-17-10(9(15)6-16-17)7-2-4-8(5-3-7)11(12,13)14/h2-6H,1H3. The fraction of sp³-hybridized carbons (Fsp3) is 0.182. The summed E-state index contributed by atoms with van der Waals surface area (Å²) in [6.07, 6.45) is -2.62. The Bertz CT molecular complexity index is 509. The van der Waals surface area contributed by atoms with Crippen molar-refractivity contribution < 1.29 is 13.2 Å². The van der Waals surface area contributed by atoms with Crippen molar-refractivity contribution in [2.45, 2.75) is 6.18 Å². The number of aromatic nitrogens is 2. The zero-order chi connectivity index (χ0) is 12.6. The van der Waals surface area contributed by atoms with Gasteiger partial charge in [-0.05, 0) is 34.7 Å². The smallest absolute Gasteiger partial charge is 0.267 e. The number of halogens is 4. The molecule has 0 aliphatic heterocycles. The highest BCUT2D eigenvalue weighted by Crippen LogP contribution is 2.31. The van der Waals surface area contributed by atoms with Gasteiger partial charge in [0.05, 0.1) is 21.0 Å². The topological polar surface area (TPSA) is 17.8 Å². The number of aryl methyl sites for hydroxylation is 1. The molecular weight excluding hydrogens is 344 g/mol. The maximum absolute atomic E-state index is 12.4. The lowest BCUT2D eigenvalue weighted by molar-refractivity contribution is -0.137. The van der Waals surface area contributed by atoms with Crippen LogP contribution in [0.1, 0.15) is 5.56 Å². The van der Waals surface area contributed by atoms with E-state index < -0.39 is 11.7 Å². The average Bonchev–Trinajstić information content (AvgIpc) is 2.58. The molecule has 0 radical (unpaired) electrons. The van der Waals surface area contributed by atoms with E-state index in [0.29, 0.717) is 0 Å². The Kier molecular flexibility index (Phi) is 3.15. The number of benzene rings is 1. The first kappa shape index (κ1) is 12.4. The number of nitrogens with zero attached hydrogens (tertiary/aromatic N) is 2. The SMILES string of the molecule is Cn1ncc(I)c1-c1ccc(C(F)(F)F)cc1. The third-order valence-corrected chi connectivity index (χ3v) is 3.17. The minimum atomic E-state index is -4.29. The van der Waals surface area contributed by atoms with Crippen LogP contribution in [0.25, 0.3) is 11.3 Å². The summed E-state index contributed by atoms with van der Waals surface area (Å²) in [4.78, 5) is 0. The van der Waals surface area contributed by atoms with Gasteiger partial charge in [-0.2, -0.15) is 18.3 Å². The third kappa shape index (κ3) is 2.46. The van der Waals surface area contributed by atoms with Gasteiger partial charge in [-0.3, -0.25) is 4.68 Å². The van der Waals surface area contributed by atoms with Gasteiger partial charge in [-0.25, -0.2) is 0 Å². The van der Waals surface area contributed by atoms with Crippen molar-refractivity contribution in [3.05, 3.63) is 39.6 Å². The summed E-state index contributed by atoms with van der Waals surface area (Å²) in [6, 6.07) is 5.08. The van der Waals surface area contributed by atoms with Crippen LogP contribution < -0.4 is 0 Å². The van der Waals surface area contributed by atoms with Crippen molar-refractivity contribution in [1.29, 1.82) is 0 Å². The fourth-order valence-electron chi connectivity index (χ4n) is 1.55. The predicted octanol–water partition coefficient (Wildman–Crippen LogP) is 3.71. The molecular formula is C11H8F3IN2. The molecule has 0 amide bonds. The van der Waals surface area contributed by atoms with Crippen LogP contribution in [0.2, 0.25) is 0 Å². The third-order valence-electron chi connectivity index (χ3n) is 2.38. The maximum atomic E-state index is 12.4. The van der Waals surface area contributed by atoms with Gasteiger partial charge >= 0.3 is 6.18 Å². The molecule has 0 saturated carbocycles. The van der Waals surface area contributed by atoms with Crippen LogP contribution in [0.3, 0.4) is 0 Å². The van der Waals surface area contributed by atoms with Gasteiger partial charge in [0.1, 0.15) is 0 Å². The monoisotopic (exact) mass is 352 g/mol. The minimum Gasteiger partial charge on any atom is -0.267 e. The molecule has 17 heavy (non-hydrogen) atoms. The number of hydrogen-bond acceptors (Lipinski definition) is 1. The van der Waals surface area contributed by atoms with Crippen LogP contribution >= 0.6 is 22.6 Å². The minimum absolute atomic E-state index is 0.640. The molecule has 6 heteroatoms. The first-order valence-electron chi connectivity index (χ1n) is 4.74. The highest BCUT2D eigenvalue weighted by molar-refractivity contribution is 14.1. The quantitative estimate of drug-likeness (QED) is 0.716. The molecule has 0 spiro atoms. The lowest BCUT2D eigenvalue weighted by atomic mass is 10.1. The molecule has 0 atom stereocenters. The summed E-state index contributed by atoms with van der Waals surface area (Å²) in [5.41, 5.74) is 0.903. The van der Waals surface area contributed by atoms with E-state index in [9.17, 15) is 13.2 Å². The van der Waals surface area contributed by atoms with Gasteiger partial charge < -0.3 is 0 Å². The number of hydrogen-bond donors (Lipinski definition) is 0. The highest BCUT2D eigenvalue weighted by atomic mass is 127. The summed E-state index contributed by atoms with van der Waals surface area (Å²) in [7, 11) is 1.76. The molecule has 1 heterocycles. The van der Waals surface area contributed by atoms with Crippen LogP contribution in [0.4, 0.5) is 13.2 Å². The maximum Gasteiger partial charge on any atom is 0.416 e. The van der Waals surface area contributed by atoms with Gasteiger partial charge in [0.2, 0.25) is 0 Å². The Morgan fingerprint density at radius 3 is 2.18 bits per heavy atom. The van der Waals surface area contributed by atoms with Crippen LogP contribution in [0.15, 0.2) is 30.5 Å². The van der Waals surface area contributed by atoms with Gasteiger partial charge in [-0.15, -0.1) is 0 Å². The van der Waals surface area contributed by atoms with E-state index in [1.807, 2.05) is 0 Å². The second-order valence-electron chi connectivity index (χ2n) is 3.54. The zero-order valence-corrected chi connectivity index (χ0v) is 11.0. The largest absolute Gasteiger partial charge is 0.416 e. The average molecular weight is 352 g/mol. The Labute approximate surface area is 110 Å². The first-order valence-corrected chi connectivity index (χ1v) is 5.82. The van der Waals surface area contributed by atoms with E-state index in [1.54, 1.807) is 17.9 Å². The van der Waals surface area contributed by atoms with Crippen molar-refractivity contribution in [3.8, 4) is 11.3 Å². The normalized spacial score (nSPS) is 11.8. The molecule has 0 N–H and O–H groups in total. The summed E-state index contributed by atoms with van der Waals surface area (Å²) >= 11 is 2.10.